The molecule has 0 unspecified atom stereocenters. The molecule has 0 N–H and O–H groups in total. The summed E-state index contributed by atoms with van der Waals surface area (Å²) in [4.78, 5) is 7.78. The number of thiophene rings is 1. The molecule has 0 amide bonds. The summed E-state index contributed by atoms with van der Waals surface area (Å²) in [6.45, 7) is 13.2. The quantitative estimate of drug-likeness (QED) is 0.813. The highest BCUT2D eigenvalue weighted by molar-refractivity contribution is 7.11. The van der Waals surface area contributed by atoms with Crippen molar-refractivity contribution in [3.8, 4) is 0 Å². The number of nitrogens with zero attached hydrogens (tertiary/aromatic N) is 2. The minimum absolute atomic E-state index is 0.106. The Hall–Kier alpha value is -0.460. The third-order valence-electron chi connectivity index (χ3n) is 5.32. The van der Waals surface area contributed by atoms with Crippen LogP contribution >= 0.6 is 11.3 Å². The second-order valence-corrected chi connectivity index (χ2v) is 9.25. The molecule has 1 aromatic heterocycles. The molecule has 2 aliphatic rings. The maximum Gasteiger partial charge on any atom is 0.104 e. The monoisotopic (exact) mass is 352 g/mol. The number of rotatable bonds is 5. The minimum atomic E-state index is -0.106. The molecule has 1 spiro atoms. The van der Waals surface area contributed by atoms with Gasteiger partial charge in [-0.25, -0.2) is 0 Å². The molecule has 0 aromatic carbocycles. The molecule has 24 heavy (non-hydrogen) atoms. The summed E-state index contributed by atoms with van der Waals surface area (Å²) in [6, 6.07) is 5.06. The van der Waals surface area contributed by atoms with Gasteiger partial charge in [-0.1, -0.05) is 0 Å². The number of hydrogen-bond acceptors (Lipinski definition) is 5. The van der Waals surface area contributed by atoms with Crippen molar-refractivity contribution in [1.82, 2.24) is 9.80 Å². The molecule has 0 saturated carbocycles. The second-order valence-electron chi connectivity index (χ2n) is 7.87. The minimum Gasteiger partial charge on any atom is -0.377 e. The van der Waals surface area contributed by atoms with Crippen molar-refractivity contribution >= 4 is 11.3 Å². The van der Waals surface area contributed by atoms with Crippen LogP contribution in [0.25, 0.3) is 0 Å². The topological polar surface area (TPSA) is 24.9 Å². The Kier molecular flexibility index (Phi) is 5.98. The van der Waals surface area contributed by atoms with Gasteiger partial charge in [0.15, 0.2) is 0 Å². The van der Waals surface area contributed by atoms with Crippen LogP contribution in [0.15, 0.2) is 12.1 Å². The van der Waals surface area contributed by atoms with Gasteiger partial charge in [0.05, 0.1) is 19.8 Å². The molecule has 5 heteroatoms. The van der Waals surface area contributed by atoms with Gasteiger partial charge >= 0.3 is 0 Å². The Morgan fingerprint density at radius 3 is 2.96 bits per heavy atom. The van der Waals surface area contributed by atoms with E-state index in [-0.39, 0.29) is 5.60 Å². The molecule has 2 atom stereocenters. The van der Waals surface area contributed by atoms with E-state index in [1.165, 1.54) is 9.75 Å². The van der Waals surface area contributed by atoms with Crippen molar-refractivity contribution < 1.29 is 9.47 Å². The first-order chi connectivity index (χ1) is 11.5. The zero-order valence-corrected chi connectivity index (χ0v) is 16.4. The van der Waals surface area contributed by atoms with Gasteiger partial charge in [-0.05, 0) is 52.3 Å². The second kappa shape index (κ2) is 7.83. The van der Waals surface area contributed by atoms with Gasteiger partial charge in [0.25, 0.3) is 0 Å². The summed E-state index contributed by atoms with van der Waals surface area (Å²) in [5, 5.41) is 0. The summed E-state index contributed by atoms with van der Waals surface area (Å²) < 4.78 is 12.3. The highest BCUT2D eigenvalue weighted by atomic mass is 32.1. The van der Waals surface area contributed by atoms with Crippen LogP contribution in [0.5, 0.6) is 0 Å². The number of hydrogen-bond donors (Lipinski definition) is 0. The first-order valence-corrected chi connectivity index (χ1v) is 9.97. The molecule has 136 valence electrons. The fraction of sp³-hybridized carbons (Fsp3) is 0.789. The smallest absolute Gasteiger partial charge is 0.104 e. The molecule has 2 aliphatic heterocycles. The van der Waals surface area contributed by atoms with Gasteiger partial charge < -0.3 is 14.4 Å². The number of ether oxygens (including phenoxy) is 2. The van der Waals surface area contributed by atoms with E-state index in [2.05, 4.69) is 49.8 Å². The summed E-state index contributed by atoms with van der Waals surface area (Å²) in [5.74, 6) is 0.616. The lowest BCUT2D eigenvalue weighted by molar-refractivity contribution is -0.0562. The van der Waals surface area contributed by atoms with Crippen LogP contribution in [0, 0.1) is 12.8 Å². The van der Waals surface area contributed by atoms with Crippen LogP contribution in [0.1, 0.15) is 30.0 Å². The Bertz CT molecular complexity index is 533. The van der Waals surface area contributed by atoms with Crippen LogP contribution in [-0.2, 0) is 16.0 Å². The Morgan fingerprint density at radius 1 is 1.42 bits per heavy atom. The normalized spacial score (nSPS) is 29.0. The van der Waals surface area contributed by atoms with E-state index in [1.807, 2.05) is 11.3 Å². The fourth-order valence-electron chi connectivity index (χ4n) is 3.79. The van der Waals surface area contributed by atoms with E-state index >= 15 is 0 Å². The summed E-state index contributed by atoms with van der Waals surface area (Å²) in [6.07, 6.45) is 1.12. The predicted molar refractivity (Wildman–Crippen MR) is 99.7 cm³/mol. The summed E-state index contributed by atoms with van der Waals surface area (Å²) >= 11 is 1.90. The van der Waals surface area contributed by atoms with Gasteiger partial charge in [-0.15, -0.1) is 11.3 Å². The Labute approximate surface area is 150 Å². The first-order valence-electron chi connectivity index (χ1n) is 9.15. The van der Waals surface area contributed by atoms with Crippen molar-refractivity contribution in [2.75, 3.05) is 46.5 Å². The number of aryl methyl sites for hydroxylation is 1. The molecule has 3 rings (SSSR count). The van der Waals surface area contributed by atoms with Crippen LogP contribution in [0.2, 0.25) is 0 Å². The van der Waals surface area contributed by atoms with Gasteiger partial charge in [0.2, 0.25) is 0 Å². The highest BCUT2D eigenvalue weighted by Gasteiger charge is 2.43. The van der Waals surface area contributed by atoms with E-state index in [9.17, 15) is 0 Å². The SMILES string of the molecule is Cc1ccc(CN2CCOC[C@]3(C[C@H](CN(C)C(C)C)CO3)C2)s1. The first kappa shape index (κ1) is 18.3. The molecule has 2 saturated heterocycles. The average molecular weight is 353 g/mol. The maximum absolute atomic E-state index is 6.34. The summed E-state index contributed by atoms with van der Waals surface area (Å²) in [7, 11) is 2.21. The molecular formula is C19H32N2O2S. The van der Waals surface area contributed by atoms with Crippen LogP contribution in [0.3, 0.4) is 0 Å². The van der Waals surface area contributed by atoms with E-state index in [4.69, 9.17) is 9.47 Å². The third-order valence-corrected chi connectivity index (χ3v) is 6.30. The fourth-order valence-corrected chi connectivity index (χ4v) is 4.73. The Balaban J connectivity index is 1.60. The lowest BCUT2D eigenvalue weighted by Crippen LogP contribution is -2.44. The van der Waals surface area contributed by atoms with Gasteiger partial charge in [-0.3, -0.25) is 4.90 Å². The predicted octanol–water partition coefficient (Wildman–Crippen LogP) is 3.00. The van der Waals surface area contributed by atoms with E-state index < -0.39 is 0 Å². The average Bonchev–Trinajstić information content (AvgIpc) is 3.04. The molecule has 0 bridgehead atoms. The third kappa shape index (κ3) is 4.58. The van der Waals surface area contributed by atoms with E-state index in [0.29, 0.717) is 12.0 Å². The van der Waals surface area contributed by atoms with Crippen molar-refractivity contribution in [2.24, 2.45) is 5.92 Å². The molecule has 1 aromatic rings. The molecule has 2 fully saturated rings. The molecule has 0 radical (unpaired) electrons. The van der Waals surface area contributed by atoms with Crippen LogP contribution in [0.4, 0.5) is 0 Å². The summed E-state index contributed by atoms with van der Waals surface area (Å²) in [5.41, 5.74) is -0.106. The van der Waals surface area contributed by atoms with E-state index in [0.717, 1.165) is 52.4 Å². The van der Waals surface area contributed by atoms with Crippen molar-refractivity contribution in [1.29, 1.82) is 0 Å². The van der Waals surface area contributed by atoms with Crippen molar-refractivity contribution in [2.45, 2.75) is 45.4 Å². The molecular weight excluding hydrogens is 320 g/mol. The zero-order chi connectivity index (χ0) is 17.2. The largest absolute Gasteiger partial charge is 0.377 e. The molecule has 3 heterocycles. The zero-order valence-electron chi connectivity index (χ0n) is 15.6. The van der Waals surface area contributed by atoms with Gasteiger partial charge in [0, 0.05) is 42.0 Å². The lowest BCUT2D eigenvalue weighted by atomic mass is 9.93. The van der Waals surface area contributed by atoms with Crippen molar-refractivity contribution in [3.63, 3.8) is 0 Å². The molecule has 4 nitrogen and oxygen atoms in total. The lowest BCUT2D eigenvalue weighted by Gasteiger charge is -2.31. The van der Waals surface area contributed by atoms with Gasteiger partial charge in [-0.2, -0.15) is 0 Å². The van der Waals surface area contributed by atoms with Crippen LogP contribution in [-0.4, -0.2) is 67.9 Å². The van der Waals surface area contributed by atoms with Gasteiger partial charge in [0.1, 0.15) is 5.60 Å². The van der Waals surface area contributed by atoms with Crippen LogP contribution < -0.4 is 0 Å². The standard InChI is InChI=1S/C19H32N2O2S/c1-15(2)20(4)10-17-9-19(23-12-17)13-21(7-8-22-14-19)11-18-6-5-16(3)24-18/h5-6,15,17H,7-14H2,1-4H3/t17-,19+/m1/s1. The maximum atomic E-state index is 6.34. The Morgan fingerprint density at radius 2 is 2.25 bits per heavy atom. The van der Waals surface area contributed by atoms with Crippen molar-refractivity contribution in [3.05, 3.63) is 21.9 Å². The van der Waals surface area contributed by atoms with E-state index in [1.54, 1.807) is 0 Å². The highest BCUT2D eigenvalue weighted by Crippen LogP contribution is 2.34. The molecule has 0 aliphatic carbocycles.